The molecule has 2 saturated heterocycles. The van der Waals surface area contributed by atoms with Crippen molar-refractivity contribution < 1.29 is 57.5 Å². The maximum atomic E-state index is 13.0. The summed E-state index contributed by atoms with van der Waals surface area (Å²) >= 11 is 0. The summed E-state index contributed by atoms with van der Waals surface area (Å²) in [5, 5.41) is 12.5. The molecule has 1 spiro atoms. The first-order valence-corrected chi connectivity index (χ1v) is 13.5. The Bertz CT molecular complexity index is 1120. The molecule has 12 heteroatoms. The second-order valence-electron chi connectivity index (χ2n) is 11.7. The van der Waals surface area contributed by atoms with E-state index in [1.165, 1.54) is 40.7 Å². The number of carbonyl (C=O) groups is 5. The lowest BCUT2D eigenvalue weighted by molar-refractivity contribution is -0.244. The van der Waals surface area contributed by atoms with E-state index in [0.717, 1.165) is 0 Å². The van der Waals surface area contributed by atoms with Gasteiger partial charge in [-0.3, -0.25) is 24.0 Å². The van der Waals surface area contributed by atoms with Crippen LogP contribution in [0.15, 0.2) is 11.6 Å². The monoisotopic (exact) mass is 566 g/mol. The van der Waals surface area contributed by atoms with Crippen molar-refractivity contribution >= 4 is 29.8 Å². The molecule has 0 bridgehead atoms. The number of esters is 5. The third kappa shape index (κ3) is 5.00. The zero-order valence-corrected chi connectivity index (χ0v) is 23.9. The Morgan fingerprint density at radius 1 is 0.950 bits per heavy atom. The summed E-state index contributed by atoms with van der Waals surface area (Å²) in [5.74, 6) is -5.37. The molecule has 222 valence electrons. The van der Waals surface area contributed by atoms with Crippen LogP contribution in [0.5, 0.6) is 0 Å². The van der Waals surface area contributed by atoms with Gasteiger partial charge in [-0.1, -0.05) is 6.92 Å². The number of hydrogen-bond donors (Lipinski definition) is 1. The molecular weight excluding hydrogens is 528 g/mol. The van der Waals surface area contributed by atoms with Crippen LogP contribution in [0.1, 0.15) is 67.7 Å². The van der Waals surface area contributed by atoms with E-state index < -0.39 is 88.8 Å². The Labute approximate surface area is 232 Å². The molecule has 0 aromatic rings. The molecule has 4 aliphatic rings. The van der Waals surface area contributed by atoms with E-state index >= 15 is 0 Å². The van der Waals surface area contributed by atoms with E-state index in [9.17, 15) is 29.1 Å². The quantitative estimate of drug-likeness (QED) is 0.226. The van der Waals surface area contributed by atoms with Gasteiger partial charge in [-0.25, -0.2) is 0 Å². The minimum atomic E-state index is -2.11. The number of carbonyl (C=O) groups excluding carboxylic acids is 5. The summed E-state index contributed by atoms with van der Waals surface area (Å²) < 4.78 is 34.9. The lowest BCUT2D eigenvalue weighted by Gasteiger charge is -2.57. The lowest BCUT2D eigenvalue weighted by Crippen LogP contribution is -2.69. The third-order valence-electron chi connectivity index (χ3n) is 9.04. The molecule has 0 aromatic heterocycles. The van der Waals surface area contributed by atoms with E-state index in [1.54, 1.807) is 13.8 Å². The average molecular weight is 567 g/mol. The van der Waals surface area contributed by atoms with Crippen LogP contribution in [0.25, 0.3) is 0 Å². The highest BCUT2D eigenvalue weighted by Gasteiger charge is 2.75. The van der Waals surface area contributed by atoms with E-state index in [2.05, 4.69) is 0 Å². The Hall–Kier alpha value is -2.99. The second kappa shape index (κ2) is 10.4. The van der Waals surface area contributed by atoms with Crippen molar-refractivity contribution in [2.45, 2.75) is 109 Å². The fourth-order valence-corrected chi connectivity index (χ4v) is 7.06. The van der Waals surface area contributed by atoms with Gasteiger partial charge in [-0.15, -0.1) is 0 Å². The normalized spacial score (nSPS) is 43.6. The Morgan fingerprint density at radius 2 is 1.50 bits per heavy atom. The standard InChI is InChI=1S/C28H38O12/c1-13-10-22-28(34,14(2)25(33)40-22)24(39-18(6)32)23-26(7,20(37-16(4)30)8-9-27(23)12-35-27)21(38-17(5)31)11-19(13)36-15(3)29/h10,14,19-24,34H,8-9,11-12H2,1-7H3/b13-10-/t14-,19+,20-,21+,22-,23+,24+,26+,27-,28-/m0/s1. The molecule has 1 saturated carbocycles. The van der Waals surface area contributed by atoms with E-state index in [0.29, 0.717) is 18.4 Å². The van der Waals surface area contributed by atoms with E-state index in [4.69, 9.17) is 28.4 Å². The molecule has 2 heterocycles. The van der Waals surface area contributed by atoms with Gasteiger partial charge in [0.05, 0.1) is 23.5 Å². The number of ether oxygens (including phenoxy) is 6. The maximum Gasteiger partial charge on any atom is 0.312 e. The highest BCUT2D eigenvalue weighted by molar-refractivity contribution is 5.78. The molecular formula is C28H38O12. The molecule has 12 nitrogen and oxygen atoms in total. The van der Waals surface area contributed by atoms with Crippen LogP contribution in [0.2, 0.25) is 0 Å². The molecule has 0 unspecified atom stereocenters. The fraction of sp³-hybridized carbons (Fsp3) is 0.750. The largest absolute Gasteiger partial charge is 0.462 e. The maximum absolute atomic E-state index is 13.0. The molecule has 3 fully saturated rings. The van der Waals surface area contributed by atoms with Gasteiger partial charge in [-0.2, -0.15) is 0 Å². The van der Waals surface area contributed by atoms with Gasteiger partial charge in [0.1, 0.15) is 24.4 Å². The smallest absolute Gasteiger partial charge is 0.312 e. The zero-order chi connectivity index (χ0) is 29.8. The van der Waals surface area contributed by atoms with Gasteiger partial charge < -0.3 is 33.5 Å². The van der Waals surface area contributed by atoms with Gasteiger partial charge in [-0.05, 0) is 38.3 Å². The van der Waals surface area contributed by atoms with Crippen LogP contribution in [-0.2, 0) is 52.4 Å². The SMILES string of the molecule is CC(=O)O[C@H]1CC[C@]2(CO2)[C@@H]2[C@@H](OC(C)=O)[C@@]3(O)[C@H](/C=C(/C)[C@H](OC(C)=O)C[C@@H](OC(C)=O)[C@@]12C)OC(=O)[C@@H]3C. The fourth-order valence-electron chi connectivity index (χ4n) is 7.06. The number of epoxide rings is 1. The molecule has 40 heavy (non-hydrogen) atoms. The topological polar surface area (TPSA) is 164 Å². The van der Waals surface area contributed by atoms with E-state index in [-0.39, 0.29) is 13.0 Å². The lowest BCUT2D eigenvalue weighted by atomic mass is 9.52. The molecule has 1 N–H and O–H groups in total. The van der Waals surface area contributed by atoms with Crippen LogP contribution in [0.4, 0.5) is 0 Å². The van der Waals surface area contributed by atoms with Gasteiger partial charge >= 0.3 is 29.8 Å². The molecule has 0 amide bonds. The Balaban J connectivity index is 2.05. The molecule has 0 aromatic carbocycles. The minimum Gasteiger partial charge on any atom is -0.462 e. The van der Waals surface area contributed by atoms with Crippen molar-refractivity contribution in [3.05, 3.63) is 11.6 Å². The van der Waals surface area contributed by atoms with Crippen LogP contribution in [-0.4, -0.2) is 83.3 Å². The van der Waals surface area contributed by atoms with Gasteiger partial charge in [0.15, 0.2) is 11.7 Å². The number of rotatable bonds is 4. The number of hydrogen-bond acceptors (Lipinski definition) is 12. The van der Waals surface area contributed by atoms with Crippen LogP contribution in [0.3, 0.4) is 0 Å². The summed E-state index contributed by atoms with van der Waals surface area (Å²) in [7, 11) is 0. The first-order chi connectivity index (χ1) is 18.6. The summed E-state index contributed by atoms with van der Waals surface area (Å²) in [6.45, 7) is 9.97. The van der Waals surface area contributed by atoms with Gasteiger partial charge in [0.25, 0.3) is 0 Å². The predicted molar refractivity (Wildman–Crippen MR) is 134 cm³/mol. The highest BCUT2D eigenvalue weighted by atomic mass is 16.6. The second-order valence-corrected chi connectivity index (χ2v) is 11.7. The van der Waals surface area contributed by atoms with Gasteiger partial charge in [0.2, 0.25) is 0 Å². The first-order valence-electron chi connectivity index (χ1n) is 13.5. The van der Waals surface area contributed by atoms with Crippen LogP contribution in [0, 0.1) is 17.3 Å². The molecule has 2 aliphatic carbocycles. The number of aliphatic hydroxyl groups is 1. The average Bonchev–Trinajstić information content (AvgIpc) is 3.56. The summed E-state index contributed by atoms with van der Waals surface area (Å²) in [6.07, 6.45) is -3.48. The van der Waals surface area contributed by atoms with Crippen molar-refractivity contribution in [3.63, 3.8) is 0 Å². The highest BCUT2D eigenvalue weighted by Crippen LogP contribution is 2.62. The molecule has 2 aliphatic heterocycles. The van der Waals surface area contributed by atoms with Crippen molar-refractivity contribution in [3.8, 4) is 0 Å². The molecule has 0 radical (unpaired) electrons. The van der Waals surface area contributed by atoms with Crippen molar-refractivity contribution in [1.29, 1.82) is 0 Å². The summed E-state index contributed by atoms with van der Waals surface area (Å²) in [5.41, 5.74) is -4.00. The van der Waals surface area contributed by atoms with Crippen molar-refractivity contribution in [2.24, 2.45) is 17.3 Å². The summed E-state index contributed by atoms with van der Waals surface area (Å²) in [6, 6.07) is 0. The molecule has 4 rings (SSSR count). The molecule has 10 atom stereocenters. The third-order valence-corrected chi connectivity index (χ3v) is 9.04. The number of fused-ring (bicyclic) bond motifs is 3. The van der Waals surface area contributed by atoms with Crippen molar-refractivity contribution in [2.75, 3.05) is 6.61 Å². The van der Waals surface area contributed by atoms with Crippen LogP contribution >= 0.6 is 0 Å². The Morgan fingerprint density at radius 3 is 2.02 bits per heavy atom. The summed E-state index contributed by atoms with van der Waals surface area (Å²) in [4.78, 5) is 62.6. The predicted octanol–water partition coefficient (Wildman–Crippen LogP) is 1.54. The first kappa shape index (κ1) is 30.0. The Kier molecular flexibility index (Phi) is 7.83. The van der Waals surface area contributed by atoms with Crippen molar-refractivity contribution in [1.82, 2.24) is 0 Å². The van der Waals surface area contributed by atoms with E-state index in [1.807, 2.05) is 0 Å². The minimum absolute atomic E-state index is 0.0518. The zero-order valence-electron chi connectivity index (χ0n) is 23.9. The van der Waals surface area contributed by atoms with Crippen LogP contribution < -0.4 is 0 Å². The van der Waals surface area contributed by atoms with Gasteiger partial charge in [0, 0.05) is 40.0 Å².